The van der Waals surface area contributed by atoms with Crippen molar-refractivity contribution in [3.05, 3.63) is 62.3 Å². The molecule has 9 nitrogen and oxygen atoms in total. The van der Waals surface area contributed by atoms with Crippen molar-refractivity contribution in [3.8, 4) is 0 Å². The topological polar surface area (TPSA) is 105 Å². The first-order chi connectivity index (χ1) is 15.5. The van der Waals surface area contributed by atoms with E-state index in [9.17, 15) is 19.7 Å². The highest BCUT2D eigenvalue weighted by Crippen LogP contribution is 2.36. The number of ether oxygens (including phenoxy) is 1. The van der Waals surface area contributed by atoms with E-state index in [2.05, 4.69) is 5.10 Å². The first-order valence-corrected chi connectivity index (χ1v) is 11.3. The Morgan fingerprint density at radius 3 is 2.78 bits per heavy atom. The third kappa shape index (κ3) is 4.86. The van der Waals surface area contributed by atoms with Crippen LogP contribution in [0.15, 0.2) is 46.9 Å². The van der Waals surface area contributed by atoms with Crippen LogP contribution in [0.2, 0.25) is 0 Å². The molecule has 1 aliphatic heterocycles. The van der Waals surface area contributed by atoms with E-state index in [1.165, 1.54) is 33.4 Å². The Bertz CT molecular complexity index is 1030. The highest BCUT2D eigenvalue weighted by molar-refractivity contribution is 7.12. The molecule has 0 spiro atoms. The fourth-order valence-corrected chi connectivity index (χ4v) is 4.45. The maximum Gasteiger partial charge on any atom is 0.269 e. The maximum atomic E-state index is 13.3. The number of nitro groups is 1. The number of rotatable bonds is 9. The van der Waals surface area contributed by atoms with E-state index in [-0.39, 0.29) is 30.0 Å². The van der Waals surface area contributed by atoms with E-state index in [1.807, 2.05) is 17.5 Å². The lowest BCUT2D eigenvalue weighted by Crippen LogP contribution is -2.43. The number of amides is 2. The van der Waals surface area contributed by atoms with Crippen LogP contribution in [0.3, 0.4) is 0 Å². The van der Waals surface area contributed by atoms with Crippen molar-refractivity contribution in [2.45, 2.75) is 25.3 Å². The summed E-state index contributed by atoms with van der Waals surface area (Å²) in [5.74, 6) is -0.377. The van der Waals surface area contributed by atoms with Gasteiger partial charge >= 0.3 is 0 Å². The van der Waals surface area contributed by atoms with Gasteiger partial charge < -0.3 is 9.64 Å². The molecule has 0 radical (unpaired) electrons. The summed E-state index contributed by atoms with van der Waals surface area (Å²) in [5.41, 5.74) is 1.35. The standard InChI is InChI=1S/C22H24N4O5S/c1-31-10-9-24(22(28)15-7-8-15)14-21(27)25-19(13-18(23-25)20-6-3-11-32-20)16-4-2-5-17(12-16)26(29)30/h2-6,11-12,15,19H,7-10,13-14H2,1H3/t19-/m1/s1. The van der Waals surface area contributed by atoms with E-state index < -0.39 is 11.0 Å². The maximum absolute atomic E-state index is 13.3. The lowest BCUT2D eigenvalue weighted by atomic mass is 10.0. The van der Waals surface area contributed by atoms with Crippen molar-refractivity contribution < 1.29 is 19.2 Å². The van der Waals surface area contributed by atoms with Gasteiger partial charge in [-0.25, -0.2) is 5.01 Å². The monoisotopic (exact) mass is 456 g/mol. The number of carbonyl (C=O) groups excluding carboxylic acids is 2. The Hall–Kier alpha value is -3.11. The van der Waals surface area contributed by atoms with Crippen LogP contribution in [-0.4, -0.2) is 59.2 Å². The molecule has 1 saturated carbocycles. The van der Waals surface area contributed by atoms with E-state index >= 15 is 0 Å². The largest absolute Gasteiger partial charge is 0.383 e. The molecule has 0 unspecified atom stereocenters. The lowest BCUT2D eigenvalue weighted by molar-refractivity contribution is -0.385. The highest BCUT2D eigenvalue weighted by Gasteiger charge is 2.38. The first-order valence-electron chi connectivity index (χ1n) is 10.4. The molecule has 1 aromatic carbocycles. The van der Waals surface area contributed by atoms with E-state index in [0.717, 1.165) is 23.4 Å². The summed E-state index contributed by atoms with van der Waals surface area (Å²) in [5, 5.41) is 19.2. The van der Waals surface area contributed by atoms with Gasteiger partial charge in [-0.2, -0.15) is 5.10 Å². The molecule has 4 rings (SSSR count). The minimum atomic E-state index is -0.472. The Labute approximate surface area is 189 Å². The molecule has 1 aliphatic carbocycles. The van der Waals surface area contributed by atoms with Gasteiger partial charge in [0.25, 0.3) is 11.6 Å². The SMILES string of the molecule is COCCN(CC(=O)N1N=C(c2cccs2)C[C@@H]1c1cccc([N+](=O)[O-])c1)C(=O)C1CC1. The molecule has 2 aromatic rings. The lowest BCUT2D eigenvalue weighted by Gasteiger charge is -2.27. The smallest absolute Gasteiger partial charge is 0.269 e. The minimum absolute atomic E-state index is 0.0176. The van der Waals surface area contributed by atoms with Gasteiger partial charge in [0.05, 0.1) is 28.2 Å². The van der Waals surface area contributed by atoms with Gasteiger partial charge in [-0.3, -0.25) is 19.7 Å². The van der Waals surface area contributed by atoms with Crippen LogP contribution in [-0.2, 0) is 14.3 Å². The molecular weight excluding hydrogens is 432 g/mol. The number of non-ortho nitro benzene ring substituents is 1. The number of hydrogen-bond acceptors (Lipinski definition) is 7. The second-order valence-corrected chi connectivity index (χ2v) is 8.81. The van der Waals surface area contributed by atoms with Gasteiger partial charge in [-0.1, -0.05) is 18.2 Å². The van der Waals surface area contributed by atoms with Crippen molar-refractivity contribution in [2.24, 2.45) is 11.0 Å². The quantitative estimate of drug-likeness (QED) is 0.426. The van der Waals surface area contributed by atoms with Crippen LogP contribution in [0.1, 0.15) is 35.7 Å². The van der Waals surface area contributed by atoms with Crippen LogP contribution in [0.4, 0.5) is 5.69 Å². The summed E-state index contributed by atoms with van der Waals surface area (Å²) in [7, 11) is 1.55. The van der Waals surface area contributed by atoms with Gasteiger partial charge in [0.2, 0.25) is 5.91 Å². The van der Waals surface area contributed by atoms with Crippen LogP contribution in [0, 0.1) is 16.0 Å². The number of thiophene rings is 1. The number of nitrogens with zero attached hydrogens (tertiary/aromatic N) is 4. The van der Waals surface area contributed by atoms with E-state index in [4.69, 9.17) is 4.74 Å². The van der Waals surface area contributed by atoms with Gasteiger partial charge in [-0.15, -0.1) is 11.3 Å². The zero-order chi connectivity index (χ0) is 22.7. The van der Waals surface area contributed by atoms with Crippen molar-refractivity contribution >= 4 is 34.6 Å². The molecular formula is C22H24N4O5S. The van der Waals surface area contributed by atoms with Crippen LogP contribution in [0.25, 0.3) is 0 Å². The Morgan fingerprint density at radius 2 is 2.12 bits per heavy atom. The summed E-state index contributed by atoms with van der Waals surface area (Å²) in [6, 6.07) is 9.66. The van der Waals surface area contributed by atoms with E-state index in [0.29, 0.717) is 25.1 Å². The zero-order valence-electron chi connectivity index (χ0n) is 17.7. The van der Waals surface area contributed by atoms with Crippen molar-refractivity contribution in [1.82, 2.24) is 9.91 Å². The van der Waals surface area contributed by atoms with Crippen LogP contribution < -0.4 is 0 Å². The number of nitro benzene ring substituents is 1. The first kappa shape index (κ1) is 22.1. The third-order valence-electron chi connectivity index (χ3n) is 5.57. The predicted octanol–water partition coefficient (Wildman–Crippen LogP) is 3.22. The number of methoxy groups -OCH3 is 1. The second kappa shape index (κ2) is 9.58. The second-order valence-electron chi connectivity index (χ2n) is 7.86. The van der Waals surface area contributed by atoms with Crippen molar-refractivity contribution in [3.63, 3.8) is 0 Å². The highest BCUT2D eigenvalue weighted by atomic mass is 32.1. The zero-order valence-corrected chi connectivity index (χ0v) is 18.5. The Morgan fingerprint density at radius 1 is 1.31 bits per heavy atom. The fraction of sp³-hybridized carbons (Fsp3) is 0.409. The number of benzene rings is 1. The summed E-state index contributed by atoms with van der Waals surface area (Å²) in [6.07, 6.45) is 2.14. The molecule has 10 heteroatoms. The van der Waals surface area contributed by atoms with Crippen molar-refractivity contribution in [2.75, 3.05) is 26.8 Å². The summed E-state index contributed by atoms with van der Waals surface area (Å²) in [4.78, 5) is 39.3. The molecule has 0 bridgehead atoms. The average Bonchev–Trinajstić information content (AvgIpc) is 3.31. The predicted molar refractivity (Wildman–Crippen MR) is 119 cm³/mol. The molecule has 2 heterocycles. The molecule has 1 aromatic heterocycles. The summed E-state index contributed by atoms with van der Waals surface area (Å²) < 4.78 is 5.11. The normalized spacial score (nSPS) is 17.8. The number of carbonyl (C=O) groups is 2. The fourth-order valence-electron chi connectivity index (χ4n) is 3.73. The molecule has 2 aliphatic rings. The molecule has 2 amide bonds. The minimum Gasteiger partial charge on any atom is -0.383 e. The molecule has 0 saturated heterocycles. The Balaban J connectivity index is 1.60. The number of hydrogen-bond donors (Lipinski definition) is 0. The molecule has 0 N–H and O–H groups in total. The average molecular weight is 457 g/mol. The molecule has 32 heavy (non-hydrogen) atoms. The Kier molecular flexibility index (Phi) is 6.61. The van der Waals surface area contributed by atoms with Gasteiger partial charge in [0, 0.05) is 38.1 Å². The van der Waals surface area contributed by atoms with Crippen LogP contribution >= 0.6 is 11.3 Å². The summed E-state index contributed by atoms with van der Waals surface area (Å²) >= 11 is 1.52. The van der Waals surface area contributed by atoms with Crippen LogP contribution in [0.5, 0.6) is 0 Å². The molecule has 1 fully saturated rings. The van der Waals surface area contributed by atoms with E-state index in [1.54, 1.807) is 19.2 Å². The van der Waals surface area contributed by atoms with Gasteiger partial charge in [0.1, 0.15) is 6.54 Å². The number of hydrazone groups is 1. The third-order valence-corrected chi connectivity index (χ3v) is 6.49. The van der Waals surface area contributed by atoms with Gasteiger partial charge in [0.15, 0.2) is 0 Å². The van der Waals surface area contributed by atoms with Crippen molar-refractivity contribution in [1.29, 1.82) is 0 Å². The van der Waals surface area contributed by atoms with Gasteiger partial charge in [-0.05, 0) is 29.9 Å². The summed E-state index contributed by atoms with van der Waals surface area (Å²) in [6.45, 7) is 0.559. The molecule has 168 valence electrons. The molecule has 1 atom stereocenters.